The normalized spacial score (nSPS) is 12.2. The summed E-state index contributed by atoms with van der Waals surface area (Å²) in [6.07, 6.45) is 0. The van der Waals surface area contributed by atoms with Crippen molar-refractivity contribution in [2.75, 3.05) is 18.6 Å². The lowest BCUT2D eigenvalue weighted by Gasteiger charge is -2.30. The summed E-state index contributed by atoms with van der Waals surface area (Å²) in [5, 5.41) is 2.28. The third kappa shape index (κ3) is 3.66. The molecule has 1 aliphatic heterocycles. The van der Waals surface area contributed by atoms with Crippen molar-refractivity contribution in [1.29, 1.82) is 0 Å². The van der Waals surface area contributed by atoms with E-state index in [1.807, 2.05) is 48.5 Å². The Kier molecular flexibility index (Phi) is 5.43. The number of ether oxygens (including phenoxy) is 2. The van der Waals surface area contributed by atoms with Crippen LogP contribution in [0.2, 0.25) is 0 Å². The molecule has 2 heterocycles. The number of nitrogens with zero attached hydrogens (tertiary/aromatic N) is 2. The number of methoxy groups -OCH3 is 1. The minimum Gasteiger partial charge on any atom is -0.451 e. The van der Waals surface area contributed by atoms with E-state index in [1.54, 1.807) is 29.2 Å². The molecule has 0 spiro atoms. The Morgan fingerprint density at radius 1 is 1.04 bits per heavy atom. The standard InChI is InChI=1S/C20H16N2O4S2/c1-25-10-18-21-13(12-27-18)20(24)26-11-19(23)22-14-6-2-4-8-16(14)28-17-9-5-3-7-15(17)22/h2-9,12H,10-11H2,1H3. The van der Waals surface area contributed by atoms with E-state index in [0.717, 1.165) is 21.2 Å². The number of anilines is 2. The zero-order valence-corrected chi connectivity index (χ0v) is 16.6. The maximum Gasteiger partial charge on any atom is 0.358 e. The predicted molar refractivity (Wildman–Crippen MR) is 107 cm³/mol. The molecule has 3 aromatic rings. The molecule has 28 heavy (non-hydrogen) atoms. The number of aromatic nitrogens is 1. The summed E-state index contributed by atoms with van der Waals surface area (Å²) >= 11 is 2.92. The molecule has 8 heteroatoms. The van der Waals surface area contributed by atoms with Crippen molar-refractivity contribution in [2.24, 2.45) is 0 Å². The number of amides is 1. The molecule has 1 aromatic heterocycles. The summed E-state index contributed by atoms with van der Waals surface area (Å²) in [6.45, 7) is -0.0425. The van der Waals surface area contributed by atoms with Gasteiger partial charge in [-0.2, -0.15) is 0 Å². The van der Waals surface area contributed by atoms with Gasteiger partial charge in [0, 0.05) is 22.3 Å². The summed E-state index contributed by atoms with van der Waals surface area (Å²) in [6, 6.07) is 15.3. The highest BCUT2D eigenvalue weighted by atomic mass is 32.2. The molecule has 0 radical (unpaired) electrons. The SMILES string of the molecule is COCc1nc(C(=O)OCC(=O)N2c3ccccc3Sc3ccccc32)cs1. The monoisotopic (exact) mass is 412 g/mol. The van der Waals surface area contributed by atoms with Crippen LogP contribution in [0.1, 0.15) is 15.5 Å². The van der Waals surface area contributed by atoms with Crippen LogP contribution in [0.15, 0.2) is 63.7 Å². The molecule has 2 aromatic carbocycles. The summed E-state index contributed by atoms with van der Waals surface area (Å²) in [5.74, 6) is -0.944. The second-order valence-electron chi connectivity index (χ2n) is 5.90. The van der Waals surface area contributed by atoms with Crippen molar-refractivity contribution < 1.29 is 19.1 Å². The van der Waals surface area contributed by atoms with Gasteiger partial charge in [-0.3, -0.25) is 9.69 Å². The van der Waals surface area contributed by atoms with Crippen LogP contribution in [-0.4, -0.2) is 30.6 Å². The molecule has 0 atom stereocenters. The van der Waals surface area contributed by atoms with Gasteiger partial charge in [-0.25, -0.2) is 9.78 Å². The van der Waals surface area contributed by atoms with Crippen molar-refractivity contribution in [1.82, 2.24) is 4.98 Å². The van der Waals surface area contributed by atoms with Gasteiger partial charge < -0.3 is 9.47 Å². The maximum atomic E-state index is 13.0. The van der Waals surface area contributed by atoms with Gasteiger partial charge in [-0.05, 0) is 24.3 Å². The summed E-state index contributed by atoms with van der Waals surface area (Å²) in [4.78, 5) is 32.9. The van der Waals surface area contributed by atoms with Gasteiger partial charge in [0.1, 0.15) is 5.01 Å². The second-order valence-corrected chi connectivity index (χ2v) is 7.93. The first-order chi connectivity index (χ1) is 13.7. The first-order valence-corrected chi connectivity index (χ1v) is 10.2. The fourth-order valence-corrected chi connectivity index (χ4v) is 4.62. The second kappa shape index (κ2) is 8.14. The summed E-state index contributed by atoms with van der Waals surface area (Å²) in [5.41, 5.74) is 1.74. The number of esters is 1. The van der Waals surface area contributed by atoms with Crippen LogP contribution in [0.4, 0.5) is 11.4 Å². The number of thiazole rings is 1. The number of fused-ring (bicyclic) bond motifs is 2. The van der Waals surface area contributed by atoms with Crippen molar-refractivity contribution in [3.63, 3.8) is 0 Å². The minimum atomic E-state index is -0.625. The summed E-state index contributed by atoms with van der Waals surface area (Å²) < 4.78 is 10.2. The molecule has 0 fully saturated rings. The summed E-state index contributed by atoms with van der Waals surface area (Å²) in [7, 11) is 1.56. The van der Waals surface area contributed by atoms with Crippen molar-refractivity contribution in [3.05, 3.63) is 64.6 Å². The van der Waals surface area contributed by atoms with E-state index < -0.39 is 5.97 Å². The lowest BCUT2D eigenvalue weighted by molar-refractivity contribution is -0.121. The number of rotatable bonds is 5. The van der Waals surface area contributed by atoms with E-state index >= 15 is 0 Å². The van der Waals surface area contributed by atoms with Gasteiger partial charge in [0.25, 0.3) is 5.91 Å². The fourth-order valence-electron chi connectivity index (χ4n) is 2.83. The van der Waals surface area contributed by atoms with Gasteiger partial charge in [-0.15, -0.1) is 11.3 Å². The first-order valence-electron chi connectivity index (χ1n) is 8.46. The Bertz CT molecular complexity index is 989. The molecule has 0 unspecified atom stereocenters. The van der Waals surface area contributed by atoms with Crippen molar-refractivity contribution in [3.8, 4) is 0 Å². The third-order valence-corrected chi connectivity index (χ3v) is 5.99. The third-order valence-electron chi connectivity index (χ3n) is 4.04. The van der Waals surface area contributed by atoms with E-state index in [0.29, 0.717) is 11.6 Å². The molecule has 0 saturated carbocycles. The molecule has 4 rings (SSSR count). The molecule has 6 nitrogen and oxygen atoms in total. The minimum absolute atomic E-state index is 0.180. The number of benzene rings is 2. The zero-order chi connectivity index (χ0) is 19.5. The van der Waals surface area contributed by atoms with Crippen molar-refractivity contribution in [2.45, 2.75) is 16.4 Å². The molecule has 142 valence electrons. The van der Waals surface area contributed by atoms with Gasteiger partial charge in [0.05, 0.1) is 18.0 Å². The molecule has 1 aliphatic rings. The van der Waals surface area contributed by atoms with E-state index in [2.05, 4.69) is 4.98 Å². The van der Waals surface area contributed by atoms with Crippen LogP contribution in [-0.2, 0) is 20.9 Å². The lowest BCUT2D eigenvalue weighted by atomic mass is 10.2. The van der Waals surface area contributed by atoms with Crippen LogP contribution in [0.3, 0.4) is 0 Å². The van der Waals surface area contributed by atoms with Crippen LogP contribution >= 0.6 is 23.1 Å². The number of hydrogen-bond acceptors (Lipinski definition) is 7. The number of para-hydroxylation sites is 2. The molecular weight excluding hydrogens is 396 g/mol. The zero-order valence-electron chi connectivity index (χ0n) is 15.0. The first kappa shape index (κ1) is 18.7. The maximum absolute atomic E-state index is 13.0. The molecule has 0 aliphatic carbocycles. The topological polar surface area (TPSA) is 68.7 Å². The number of carbonyl (C=O) groups is 2. The Hall–Kier alpha value is -2.68. The van der Waals surface area contributed by atoms with E-state index in [9.17, 15) is 9.59 Å². The number of hydrogen-bond donors (Lipinski definition) is 0. The highest BCUT2D eigenvalue weighted by Gasteiger charge is 2.28. The fraction of sp³-hybridized carbons (Fsp3) is 0.150. The predicted octanol–water partition coefficient (Wildman–Crippen LogP) is 4.28. The van der Waals surface area contributed by atoms with E-state index in [-0.39, 0.29) is 18.2 Å². The van der Waals surface area contributed by atoms with Gasteiger partial charge >= 0.3 is 5.97 Å². The lowest BCUT2D eigenvalue weighted by Crippen LogP contribution is -2.32. The molecule has 0 bridgehead atoms. The molecular formula is C20H16N2O4S2. The highest BCUT2D eigenvalue weighted by molar-refractivity contribution is 7.99. The van der Waals surface area contributed by atoms with E-state index in [1.165, 1.54) is 11.3 Å². The van der Waals surface area contributed by atoms with Crippen LogP contribution < -0.4 is 4.90 Å². The van der Waals surface area contributed by atoms with Gasteiger partial charge in [-0.1, -0.05) is 36.0 Å². The molecule has 0 saturated heterocycles. The Morgan fingerprint density at radius 2 is 1.68 bits per heavy atom. The smallest absolute Gasteiger partial charge is 0.358 e. The van der Waals surface area contributed by atoms with Gasteiger partial charge in [0.15, 0.2) is 12.3 Å². The van der Waals surface area contributed by atoms with E-state index in [4.69, 9.17) is 9.47 Å². The Balaban J connectivity index is 1.52. The number of carbonyl (C=O) groups excluding carboxylic acids is 2. The Morgan fingerprint density at radius 3 is 2.32 bits per heavy atom. The molecule has 0 N–H and O–H groups in total. The van der Waals surface area contributed by atoms with Crippen LogP contribution in [0.25, 0.3) is 0 Å². The quantitative estimate of drug-likeness (QED) is 0.583. The van der Waals surface area contributed by atoms with Crippen molar-refractivity contribution >= 4 is 46.3 Å². The highest BCUT2D eigenvalue weighted by Crippen LogP contribution is 2.47. The Labute approximate surface area is 170 Å². The average molecular weight is 412 g/mol. The van der Waals surface area contributed by atoms with Crippen LogP contribution in [0.5, 0.6) is 0 Å². The largest absolute Gasteiger partial charge is 0.451 e. The van der Waals surface area contributed by atoms with Crippen LogP contribution in [0, 0.1) is 0 Å². The average Bonchev–Trinajstić information content (AvgIpc) is 3.19. The molecule has 1 amide bonds. The van der Waals surface area contributed by atoms with Gasteiger partial charge in [0.2, 0.25) is 0 Å².